The van der Waals surface area contributed by atoms with Gasteiger partial charge in [-0.25, -0.2) is 14.8 Å². The molecule has 0 radical (unpaired) electrons. The number of benzene rings is 2. The van der Waals surface area contributed by atoms with Crippen LogP contribution in [0.15, 0.2) is 64.4 Å². The van der Waals surface area contributed by atoms with Gasteiger partial charge in [0.2, 0.25) is 0 Å². The van der Waals surface area contributed by atoms with Gasteiger partial charge in [0.25, 0.3) is 0 Å². The third-order valence-corrected chi connectivity index (χ3v) is 3.78. The van der Waals surface area contributed by atoms with E-state index in [2.05, 4.69) is 20.5 Å². The number of ether oxygens (including phenoxy) is 1. The van der Waals surface area contributed by atoms with Gasteiger partial charge in [-0.15, -0.1) is 0 Å². The summed E-state index contributed by atoms with van der Waals surface area (Å²) in [6.45, 7) is -0.379. The lowest BCUT2D eigenvalue weighted by Crippen LogP contribution is -2.09. The second kappa shape index (κ2) is 7.12. The summed E-state index contributed by atoms with van der Waals surface area (Å²) in [7, 11) is 0. The number of nitrogens with zero attached hydrogens (tertiary/aromatic N) is 3. The van der Waals surface area contributed by atoms with Crippen LogP contribution in [-0.4, -0.2) is 33.9 Å². The zero-order valence-corrected chi connectivity index (χ0v) is 14.0. The molecule has 0 saturated heterocycles. The fraction of sp³-hybridized carbons (Fsp3) is 0.0526. The van der Waals surface area contributed by atoms with E-state index in [0.29, 0.717) is 17.2 Å². The van der Waals surface area contributed by atoms with Crippen molar-refractivity contribution in [2.24, 2.45) is 5.10 Å². The van der Waals surface area contributed by atoms with Crippen LogP contribution in [0.5, 0.6) is 5.75 Å². The van der Waals surface area contributed by atoms with Gasteiger partial charge in [-0.2, -0.15) is 5.10 Å². The highest BCUT2D eigenvalue weighted by atomic mass is 16.5. The summed E-state index contributed by atoms with van der Waals surface area (Å²) in [5, 5.41) is 13.7. The second-order valence-electron chi connectivity index (χ2n) is 5.62. The highest BCUT2D eigenvalue weighted by Gasteiger charge is 2.12. The smallest absolute Gasteiger partial charge is 0.341 e. The molecule has 0 bridgehead atoms. The molecule has 4 rings (SSSR count). The number of nitrogens with one attached hydrogen (secondary N) is 1. The number of carboxylic acid groups (broad SMARTS) is 1. The van der Waals surface area contributed by atoms with Gasteiger partial charge in [-0.3, -0.25) is 5.43 Å². The van der Waals surface area contributed by atoms with Crippen LogP contribution in [0.3, 0.4) is 0 Å². The van der Waals surface area contributed by atoms with Gasteiger partial charge in [0.05, 0.1) is 6.21 Å². The molecular weight excluding hydrogens is 348 g/mol. The van der Waals surface area contributed by atoms with E-state index in [0.717, 1.165) is 22.0 Å². The molecule has 2 heterocycles. The lowest BCUT2D eigenvalue weighted by atomic mass is 10.2. The number of hydrogen-bond acceptors (Lipinski definition) is 7. The van der Waals surface area contributed by atoms with Crippen molar-refractivity contribution in [1.29, 1.82) is 0 Å². The zero-order chi connectivity index (χ0) is 18.6. The molecule has 0 aliphatic carbocycles. The number of hydrazone groups is 1. The Morgan fingerprint density at radius 3 is 2.81 bits per heavy atom. The Hall–Kier alpha value is -3.94. The van der Waals surface area contributed by atoms with Crippen molar-refractivity contribution in [3.05, 3.63) is 60.4 Å². The van der Waals surface area contributed by atoms with Crippen LogP contribution in [0.2, 0.25) is 0 Å². The number of furan rings is 1. The fourth-order valence-corrected chi connectivity index (χ4v) is 2.57. The van der Waals surface area contributed by atoms with Gasteiger partial charge in [0, 0.05) is 5.39 Å². The van der Waals surface area contributed by atoms with Crippen molar-refractivity contribution in [1.82, 2.24) is 9.97 Å². The number of para-hydroxylation sites is 1. The summed E-state index contributed by atoms with van der Waals surface area (Å²) in [6.07, 6.45) is 3.06. The highest BCUT2D eigenvalue weighted by Crippen LogP contribution is 2.30. The molecule has 0 unspecified atom stereocenters. The van der Waals surface area contributed by atoms with Gasteiger partial charge in [0.1, 0.15) is 23.2 Å². The van der Waals surface area contributed by atoms with Crippen LogP contribution < -0.4 is 10.2 Å². The van der Waals surface area contributed by atoms with Gasteiger partial charge in [0.15, 0.2) is 18.0 Å². The Labute approximate surface area is 153 Å². The Balaban J connectivity index is 1.50. The topological polar surface area (TPSA) is 110 Å². The standard InChI is InChI=1S/C19H14N4O4/c24-16(25)10-26-13-7-5-12(6-8-13)9-22-23-19-18-17(20-11-21-19)14-3-1-2-4-15(14)27-18/h1-9,11H,10H2,(H,24,25)(H,20,21,23)/b22-9-. The third-order valence-electron chi connectivity index (χ3n) is 3.78. The monoisotopic (exact) mass is 362 g/mol. The average molecular weight is 362 g/mol. The highest BCUT2D eigenvalue weighted by molar-refractivity contribution is 6.05. The first kappa shape index (κ1) is 16.5. The molecular formula is C19H14N4O4. The third kappa shape index (κ3) is 3.54. The zero-order valence-electron chi connectivity index (χ0n) is 14.0. The van der Waals surface area contributed by atoms with E-state index in [-0.39, 0.29) is 6.61 Å². The molecule has 8 heteroatoms. The van der Waals surface area contributed by atoms with E-state index >= 15 is 0 Å². The van der Waals surface area contributed by atoms with E-state index in [1.54, 1.807) is 30.5 Å². The van der Waals surface area contributed by atoms with Crippen LogP contribution in [0.25, 0.3) is 22.1 Å². The molecule has 0 aliphatic rings. The Morgan fingerprint density at radius 1 is 1.19 bits per heavy atom. The number of carbonyl (C=O) groups is 1. The van der Waals surface area contributed by atoms with Crippen molar-refractivity contribution in [3.8, 4) is 5.75 Å². The lowest BCUT2D eigenvalue weighted by molar-refractivity contribution is -0.139. The number of carboxylic acids is 1. The summed E-state index contributed by atoms with van der Waals surface area (Å²) in [5.74, 6) is -0.0808. The quantitative estimate of drug-likeness (QED) is 0.400. The van der Waals surface area contributed by atoms with Crippen LogP contribution in [0.1, 0.15) is 5.56 Å². The molecule has 0 amide bonds. The molecule has 8 nitrogen and oxygen atoms in total. The summed E-state index contributed by atoms with van der Waals surface area (Å²) < 4.78 is 10.9. The van der Waals surface area contributed by atoms with Crippen molar-refractivity contribution < 1.29 is 19.1 Å². The average Bonchev–Trinajstić information content (AvgIpc) is 3.07. The first-order valence-corrected chi connectivity index (χ1v) is 8.07. The van der Waals surface area contributed by atoms with E-state index in [9.17, 15) is 4.79 Å². The van der Waals surface area contributed by atoms with Crippen molar-refractivity contribution in [2.75, 3.05) is 12.0 Å². The molecule has 2 aromatic carbocycles. The minimum absolute atomic E-state index is 0.379. The summed E-state index contributed by atoms with van der Waals surface area (Å²) in [6, 6.07) is 14.5. The molecule has 27 heavy (non-hydrogen) atoms. The van der Waals surface area contributed by atoms with Crippen LogP contribution in [-0.2, 0) is 4.79 Å². The summed E-state index contributed by atoms with van der Waals surface area (Å²) >= 11 is 0. The van der Waals surface area contributed by atoms with Crippen molar-refractivity contribution in [3.63, 3.8) is 0 Å². The van der Waals surface area contributed by atoms with Crippen LogP contribution in [0.4, 0.5) is 5.82 Å². The molecule has 2 aromatic heterocycles. The number of aliphatic carboxylic acids is 1. The van der Waals surface area contributed by atoms with E-state index in [1.807, 2.05) is 24.3 Å². The Morgan fingerprint density at radius 2 is 2.00 bits per heavy atom. The SMILES string of the molecule is O=C(O)COc1ccc(/C=N\Nc2ncnc3c2oc2ccccc23)cc1. The largest absolute Gasteiger partial charge is 0.482 e. The van der Waals surface area contributed by atoms with Gasteiger partial charge in [-0.05, 0) is 42.0 Å². The van der Waals surface area contributed by atoms with Gasteiger partial charge >= 0.3 is 5.97 Å². The summed E-state index contributed by atoms with van der Waals surface area (Å²) in [4.78, 5) is 19.0. The maximum atomic E-state index is 10.5. The molecule has 0 atom stereocenters. The first-order chi connectivity index (χ1) is 13.2. The molecule has 4 aromatic rings. The van der Waals surface area contributed by atoms with E-state index in [1.165, 1.54) is 6.33 Å². The van der Waals surface area contributed by atoms with Crippen molar-refractivity contribution >= 4 is 40.1 Å². The molecule has 2 N–H and O–H groups in total. The lowest BCUT2D eigenvalue weighted by Gasteiger charge is -2.03. The minimum atomic E-state index is -1.02. The molecule has 0 spiro atoms. The van der Waals surface area contributed by atoms with Crippen LogP contribution in [0, 0.1) is 0 Å². The molecule has 134 valence electrons. The minimum Gasteiger partial charge on any atom is -0.482 e. The first-order valence-electron chi connectivity index (χ1n) is 8.07. The second-order valence-corrected chi connectivity index (χ2v) is 5.62. The van der Waals surface area contributed by atoms with Gasteiger partial charge in [-0.1, -0.05) is 12.1 Å². The summed E-state index contributed by atoms with van der Waals surface area (Å²) in [5.41, 5.74) is 5.66. The Kier molecular flexibility index (Phi) is 4.36. The normalized spacial score (nSPS) is 11.3. The predicted octanol–water partition coefficient (Wildman–Crippen LogP) is 3.29. The molecule has 0 saturated carbocycles. The number of hydrogen-bond donors (Lipinski definition) is 2. The predicted molar refractivity (Wildman–Crippen MR) is 100 cm³/mol. The van der Waals surface area contributed by atoms with E-state index < -0.39 is 5.97 Å². The maximum Gasteiger partial charge on any atom is 0.341 e. The van der Waals surface area contributed by atoms with Crippen LogP contribution >= 0.6 is 0 Å². The van der Waals surface area contributed by atoms with E-state index in [4.69, 9.17) is 14.3 Å². The number of anilines is 1. The molecule has 0 aliphatic heterocycles. The van der Waals surface area contributed by atoms with Crippen molar-refractivity contribution in [2.45, 2.75) is 0 Å². The number of rotatable bonds is 6. The number of fused-ring (bicyclic) bond motifs is 3. The number of aromatic nitrogens is 2. The molecule has 0 fully saturated rings. The maximum absolute atomic E-state index is 10.5. The fourth-order valence-electron chi connectivity index (χ4n) is 2.57. The van der Waals surface area contributed by atoms with Gasteiger partial charge < -0.3 is 14.3 Å². The Bertz CT molecular complexity index is 1140.